The quantitative estimate of drug-likeness (QED) is 0.720. The van der Waals surface area contributed by atoms with Gasteiger partial charge in [0.1, 0.15) is 0 Å². The predicted octanol–water partition coefficient (Wildman–Crippen LogP) is 1.80. The Hall–Kier alpha value is -0.890. The van der Waals surface area contributed by atoms with E-state index in [-0.39, 0.29) is 6.04 Å². The van der Waals surface area contributed by atoms with Crippen LogP contribution in [-0.2, 0) is 0 Å². The van der Waals surface area contributed by atoms with Gasteiger partial charge in [-0.05, 0) is 43.4 Å². The molecular formula is C10H14N2. The molecule has 1 unspecified atom stereocenters. The Labute approximate surface area is 72.8 Å². The highest BCUT2D eigenvalue weighted by Crippen LogP contribution is 2.39. The van der Waals surface area contributed by atoms with Crippen LogP contribution in [0.1, 0.15) is 30.1 Å². The summed E-state index contributed by atoms with van der Waals surface area (Å²) < 4.78 is 0. The van der Waals surface area contributed by atoms with Crippen LogP contribution in [0.2, 0.25) is 0 Å². The average Bonchev–Trinajstić information content (AvgIpc) is 2.85. The number of hydrogen-bond acceptors (Lipinski definition) is 2. The maximum absolute atomic E-state index is 6.04. The molecule has 0 radical (unpaired) electrons. The van der Waals surface area contributed by atoms with E-state index in [0.29, 0.717) is 0 Å². The van der Waals surface area contributed by atoms with Crippen LogP contribution in [0.3, 0.4) is 0 Å². The van der Waals surface area contributed by atoms with Crippen molar-refractivity contribution in [3.8, 4) is 0 Å². The van der Waals surface area contributed by atoms with Crippen LogP contribution >= 0.6 is 0 Å². The maximum Gasteiger partial charge on any atom is 0.0375 e. The summed E-state index contributed by atoms with van der Waals surface area (Å²) in [6, 6.07) is 4.35. The highest BCUT2D eigenvalue weighted by molar-refractivity contribution is 5.20. The van der Waals surface area contributed by atoms with Crippen molar-refractivity contribution >= 4 is 0 Å². The largest absolute Gasteiger partial charge is 0.324 e. The van der Waals surface area contributed by atoms with E-state index < -0.39 is 0 Å². The molecule has 2 nitrogen and oxygen atoms in total. The summed E-state index contributed by atoms with van der Waals surface area (Å²) in [5.74, 6) is 0.729. The van der Waals surface area contributed by atoms with Gasteiger partial charge in [-0.15, -0.1) is 0 Å². The standard InChI is InChI=1S/C10H14N2/c1-7-6-9(4-5-12-7)10(11)8-2-3-8/h4-6,8,10H,2-3,11H2,1H3. The van der Waals surface area contributed by atoms with E-state index in [2.05, 4.69) is 11.1 Å². The molecule has 1 saturated carbocycles. The minimum atomic E-state index is 0.242. The van der Waals surface area contributed by atoms with Gasteiger partial charge in [0.15, 0.2) is 0 Å². The number of nitrogens with two attached hydrogens (primary N) is 1. The van der Waals surface area contributed by atoms with Gasteiger partial charge in [-0.2, -0.15) is 0 Å². The van der Waals surface area contributed by atoms with Crippen LogP contribution < -0.4 is 5.73 Å². The Morgan fingerprint density at radius 3 is 2.92 bits per heavy atom. The molecule has 64 valence electrons. The van der Waals surface area contributed by atoms with Crippen molar-refractivity contribution in [3.05, 3.63) is 29.6 Å². The van der Waals surface area contributed by atoms with Gasteiger partial charge in [-0.25, -0.2) is 0 Å². The molecule has 1 heterocycles. The SMILES string of the molecule is Cc1cc(C(N)C2CC2)ccn1. The molecule has 2 rings (SSSR count). The minimum Gasteiger partial charge on any atom is -0.324 e. The van der Waals surface area contributed by atoms with Crippen LogP contribution in [0, 0.1) is 12.8 Å². The average molecular weight is 162 g/mol. The summed E-state index contributed by atoms with van der Waals surface area (Å²) in [4.78, 5) is 4.15. The van der Waals surface area contributed by atoms with Crippen molar-refractivity contribution in [2.24, 2.45) is 11.7 Å². The van der Waals surface area contributed by atoms with Crippen molar-refractivity contribution in [1.29, 1.82) is 0 Å². The monoisotopic (exact) mass is 162 g/mol. The lowest BCUT2D eigenvalue weighted by atomic mass is 10.0. The molecule has 12 heavy (non-hydrogen) atoms. The molecule has 0 saturated heterocycles. The molecule has 0 aromatic carbocycles. The third-order valence-electron chi connectivity index (χ3n) is 2.44. The van der Waals surface area contributed by atoms with Gasteiger partial charge in [-0.3, -0.25) is 4.98 Å². The summed E-state index contributed by atoms with van der Waals surface area (Å²) in [5.41, 5.74) is 8.34. The molecule has 2 heteroatoms. The van der Waals surface area contributed by atoms with Crippen LogP contribution in [0.5, 0.6) is 0 Å². The normalized spacial score (nSPS) is 19.2. The van der Waals surface area contributed by atoms with Crippen molar-refractivity contribution in [2.75, 3.05) is 0 Å². The molecule has 0 aliphatic heterocycles. The van der Waals surface area contributed by atoms with Crippen molar-refractivity contribution in [1.82, 2.24) is 4.98 Å². The lowest BCUT2D eigenvalue weighted by Crippen LogP contribution is -2.12. The van der Waals surface area contributed by atoms with Crippen molar-refractivity contribution in [2.45, 2.75) is 25.8 Å². The number of aryl methyl sites for hydroxylation is 1. The number of pyridine rings is 1. The Morgan fingerprint density at radius 2 is 2.33 bits per heavy atom. The van der Waals surface area contributed by atoms with Crippen LogP contribution in [0.25, 0.3) is 0 Å². The van der Waals surface area contributed by atoms with E-state index in [9.17, 15) is 0 Å². The molecule has 1 atom stereocenters. The van der Waals surface area contributed by atoms with E-state index in [1.54, 1.807) is 0 Å². The molecule has 0 amide bonds. The van der Waals surface area contributed by atoms with Gasteiger partial charge in [0.25, 0.3) is 0 Å². The molecule has 1 aliphatic carbocycles. The van der Waals surface area contributed by atoms with Gasteiger partial charge < -0.3 is 5.73 Å². The first kappa shape index (κ1) is 7.74. The Kier molecular flexibility index (Phi) is 1.85. The first-order valence-electron chi connectivity index (χ1n) is 4.45. The van der Waals surface area contributed by atoms with Crippen molar-refractivity contribution in [3.63, 3.8) is 0 Å². The highest BCUT2D eigenvalue weighted by Gasteiger charge is 2.29. The van der Waals surface area contributed by atoms with E-state index in [0.717, 1.165) is 11.6 Å². The molecule has 2 N–H and O–H groups in total. The molecule has 1 aliphatic rings. The fourth-order valence-corrected chi connectivity index (χ4v) is 1.50. The predicted molar refractivity (Wildman–Crippen MR) is 48.6 cm³/mol. The van der Waals surface area contributed by atoms with E-state index in [1.165, 1.54) is 18.4 Å². The second kappa shape index (κ2) is 2.87. The first-order chi connectivity index (χ1) is 5.77. The first-order valence-corrected chi connectivity index (χ1v) is 4.45. The van der Waals surface area contributed by atoms with Crippen molar-refractivity contribution < 1.29 is 0 Å². The highest BCUT2D eigenvalue weighted by atomic mass is 14.7. The third-order valence-corrected chi connectivity index (χ3v) is 2.44. The molecule has 1 aromatic heterocycles. The van der Waals surface area contributed by atoms with Gasteiger partial charge >= 0.3 is 0 Å². The summed E-state index contributed by atoms with van der Waals surface area (Å²) in [7, 11) is 0. The summed E-state index contributed by atoms with van der Waals surface area (Å²) in [6.45, 7) is 2.00. The fraction of sp³-hybridized carbons (Fsp3) is 0.500. The summed E-state index contributed by atoms with van der Waals surface area (Å²) in [5, 5.41) is 0. The second-order valence-electron chi connectivity index (χ2n) is 3.59. The number of nitrogens with zero attached hydrogens (tertiary/aromatic N) is 1. The van der Waals surface area contributed by atoms with Crippen LogP contribution in [0.4, 0.5) is 0 Å². The lowest BCUT2D eigenvalue weighted by Gasteiger charge is -2.10. The topological polar surface area (TPSA) is 38.9 Å². The smallest absolute Gasteiger partial charge is 0.0375 e. The molecule has 0 bridgehead atoms. The third kappa shape index (κ3) is 1.48. The van der Waals surface area contributed by atoms with Gasteiger partial charge in [0.05, 0.1) is 0 Å². The Bertz CT molecular complexity index is 279. The molecule has 0 spiro atoms. The number of rotatable bonds is 2. The zero-order valence-electron chi connectivity index (χ0n) is 7.33. The van der Waals surface area contributed by atoms with E-state index >= 15 is 0 Å². The van der Waals surface area contributed by atoms with Gasteiger partial charge in [-0.1, -0.05) is 0 Å². The van der Waals surface area contributed by atoms with E-state index in [4.69, 9.17) is 5.73 Å². The fourth-order valence-electron chi connectivity index (χ4n) is 1.50. The van der Waals surface area contributed by atoms with Crippen LogP contribution in [0.15, 0.2) is 18.3 Å². The lowest BCUT2D eigenvalue weighted by molar-refractivity contribution is 0.632. The summed E-state index contributed by atoms with van der Waals surface area (Å²) in [6.07, 6.45) is 4.43. The summed E-state index contributed by atoms with van der Waals surface area (Å²) >= 11 is 0. The van der Waals surface area contributed by atoms with Gasteiger partial charge in [0.2, 0.25) is 0 Å². The molecular weight excluding hydrogens is 148 g/mol. The second-order valence-corrected chi connectivity index (χ2v) is 3.59. The Morgan fingerprint density at radius 1 is 1.58 bits per heavy atom. The maximum atomic E-state index is 6.04. The molecule has 1 aromatic rings. The zero-order chi connectivity index (χ0) is 8.55. The molecule has 1 fully saturated rings. The number of aromatic nitrogens is 1. The Balaban J connectivity index is 2.20. The van der Waals surface area contributed by atoms with Gasteiger partial charge in [0, 0.05) is 17.9 Å². The van der Waals surface area contributed by atoms with E-state index in [1.807, 2.05) is 19.2 Å². The van der Waals surface area contributed by atoms with Crippen LogP contribution in [-0.4, -0.2) is 4.98 Å². The number of hydrogen-bond donors (Lipinski definition) is 1. The minimum absolute atomic E-state index is 0.242. The zero-order valence-corrected chi connectivity index (χ0v) is 7.33.